The Morgan fingerprint density at radius 3 is 2.41 bits per heavy atom. The fourth-order valence-corrected chi connectivity index (χ4v) is 2.92. The molecular formula is C21H23NO5. The summed E-state index contributed by atoms with van der Waals surface area (Å²) >= 11 is 0. The van der Waals surface area contributed by atoms with Crippen molar-refractivity contribution in [2.45, 2.75) is 19.4 Å². The third kappa shape index (κ3) is 3.69. The zero-order valence-corrected chi connectivity index (χ0v) is 16.1. The minimum Gasteiger partial charge on any atom is -0.494 e. The number of ether oxygens (including phenoxy) is 4. The molecule has 6 nitrogen and oxygen atoms in total. The molecule has 2 aromatic carbocycles. The zero-order valence-electron chi connectivity index (χ0n) is 16.1. The van der Waals surface area contributed by atoms with Crippen LogP contribution in [0.25, 0.3) is 6.08 Å². The number of hydrogen-bond donors (Lipinski definition) is 1. The van der Waals surface area contributed by atoms with E-state index in [2.05, 4.69) is 5.32 Å². The first-order valence-electron chi connectivity index (χ1n) is 8.51. The molecular weight excluding hydrogens is 346 g/mol. The topological polar surface area (TPSA) is 66.0 Å². The molecule has 0 fully saturated rings. The highest BCUT2D eigenvalue weighted by atomic mass is 16.5. The van der Waals surface area contributed by atoms with Crippen LogP contribution in [0.5, 0.6) is 23.0 Å². The molecule has 0 saturated heterocycles. The normalized spacial score (nSPS) is 14.0. The Kier molecular flexibility index (Phi) is 4.99. The largest absolute Gasteiger partial charge is 0.494 e. The lowest BCUT2D eigenvalue weighted by Gasteiger charge is -2.29. The Labute approximate surface area is 158 Å². The molecule has 27 heavy (non-hydrogen) atoms. The second kappa shape index (κ2) is 7.23. The lowest BCUT2D eigenvalue weighted by atomic mass is 10.0. The average Bonchev–Trinajstić information content (AvgIpc) is 2.66. The number of hydrogen-bond acceptors (Lipinski definition) is 5. The Morgan fingerprint density at radius 1 is 1.00 bits per heavy atom. The Hall–Kier alpha value is -3.15. The van der Waals surface area contributed by atoms with E-state index in [1.54, 1.807) is 38.5 Å². The van der Waals surface area contributed by atoms with E-state index in [-0.39, 0.29) is 11.5 Å². The number of carbonyl (C=O) groups excluding carboxylic acids is 1. The Morgan fingerprint density at radius 2 is 1.74 bits per heavy atom. The number of carbonyl (C=O) groups is 1. The molecule has 3 rings (SSSR count). The number of amides is 1. The van der Waals surface area contributed by atoms with Gasteiger partial charge in [-0.1, -0.05) is 0 Å². The first-order chi connectivity index (χ1) is 12.9. The van der Waals surface area contributed by atoms with Crippen LogP contribution >= 0.6 is 0 Å². The van der Waals surface area contributed by atoms with Crippen LogP contribution in [0.2, 0.25) is 0 Å². The van der Waals surface area contributed by atoms with E-state index < -0.39 is 0 Å². The first kappa shape index (κ1) is 18.6. The molecule has 1 aliphatic heterocycles. The molecule has 0 aromatic heterocycles. The molecule has 0 unspecified atom stereocenters. The number of benzene rings is 2. The maximum absolute atomic E-state index is 12.7. The van der Waals surface area contributed by atoms with E-state index in [9.17, 15) is 4.79 Å². The van der Waals surface area contributed by atoms with Gasteiger partial charge >= 0.3 is 0 Å². The number of methoxy groups -OCH3 is 3. The lowest BCUT2D eigenvalue weighted by molar-refractivity contribution is 0.102. The number of nitrogens with one attached hydrogen (secondary N) is 1. The van der Waals surface area contributed by atoms with Crippen molar-refractivity contribution in [2.24, 2.45) is 0 Å². The van der Waals surface area contributed by atoms with Gasteiger partial charge in [0.25, 0.3) is 5.91 Å². The summed E-state index contributed by atoms with van der Waals surface area (Å²) in [5.74, 6) is 2.03. The summed E-state index contributed by atoms with van der Waals surface area (Å²) in [4.78, 5) is 12.7. The van der Waals surface area contributed by atoms with Gasteiger partial charge in [-0.2, -0.15) is 0 Å². The van der Waals surface area contributed by atoms with Crippen LogP contribution in [-0.4, -0.2) is 32.8 Å². The molecule has 0 radical (unpaired) electrons. The van der Waals surface area contributed by atoms with E-state index in [4.69, 9.17) is 18.9 Å². The van der Waals surface area contributed by atoms with E-state index in [0.29, 0.717) is 34.2 Å². The molecule has 0 atom stereocenters. The molecule has 6 heteroatoms. The van der Waals surface area contributed by atoms with Gasteiger partial charge in [-0.05, 0) is 56.3 Å². The van der Waals surface area contributed by atoms with Gasteiger partial charge in [0.15, 0.2) is 17.2 Å². The Bertz CT molecular complexity index is 902. The van der Waals surface area contributed by atoms with Crippen molar-refractivity contribution in [2.75, 3.05) is 26.6 Å². The van der Waals surface area contributed by atoms with Crippen LogP contribution in [0.4, 0.5) is 5.69 Å². The van der Waals surface area contributed by atoms with E-state index in [1.807, 2.05) is 32.1 Å². The van der Waals surface area contributed by atoms with Crippen molar-refractivity contribution in [1.82, 2.24) is 0 Å². The van der Waals surface area contributed by atoms with Crippen molar-refractivity contribution < 1.29 is 23.7 Å². The molecule has 1 heterocycles. The fourth-order valence-electron chi connectivity index (χ4n) is 2.92. The standard InChI is InChI=1S/C21H23NO5/c1-21(2)11-10-14-16(27-21)9-7-15(19(14)26-5)22-20(23)13-6-8-17(24-3)18(12-13)25-4/h6-12H,1-5H3,(H,22,23). The van der Waals surface area contributed by atoms with Gasteiger partial charge in [0.2, 0.25) is 0 Å². The molecule has 0 spiro atoms. The van der Waals surface area contributed by atoms with Crippen LogP contribution in [0, 0.1) is 0 Å². The third-order valence-electron chi connectivity index (χ3n) is 4.28. The van der Waals surface area contributed by atoms with Crippen LogP contribution in [0.15, 0.2) is 36.4 Å². The van der Waals surface area contributed by atoms with E-state index in [1.165, 1.54) is 7.11 Å². The molecule has 1 N–H and O–H groups in total. The number of rotatable bonds is 5. The van der Waals surface area contributed by atoms with Crippen LogP contribution in [-0.2, 0) is 0 Å². The summed E-state index contributed by atoms with van der Waals surface area (Å²) in [6, 6.07) is 8.59. The van der Waals surface area contributed by atoms with Crippen LogP contribution in [0.3, 0.4) is 0 Å². The quantitative estimate of drug-likeness (QED) is 0.858. The summed E-state index contributed by atoms with van der Waals surface area (Å²) in [5, 5.41) is 2.89. The van der Waals surface area contributed by atoms with Gasteiger partial charge in [0, 0.05) is 5.56 Å². The van der Waals surface area contributed by atoms with Gasteiger partial charge < -0.3 is 24.3 Å². The van der Waals surface area contributed by atoms with Gasteiger partial charge in [0.1, 0.15) is 11.4 Å². The SMILES string of the molecule is COc1ccc(C(=O)Nc2ccc3c(c2OC)C=CC(C)(C)O3)cc1OC. The highest BCUT2D eigenvalue weighted by Gasteiger charge is 2.25. The second-order valence-corrected chi connectivity index (χ2v) is 6.62. The van der Waals surface area contributed by atoms with E-state index >= 15 is 0 Å². The summed E-state index contributed by atoms with van der Waals surface area (Å²) in [7, 11) is 4.64. The van der Waals surface area contributed by atoms with Crippen molar-refractivity contribution in [1.29, 1.82) is 0 Å². The average molecular weight is 369 g/mol. The number of anilines is 1. The molecule has 0 bridgehead atoms. The van der Waals surface area contributed by atoms with Gasteiger partial charge in [0.05, 0.1) is 32.6 Å². The van der Waals surface area contributed by atoms with Crippen LogP contribution in [0.1, 0.15) is 29.8 Å². The van der Waals surface area contributed by atoms with Crippen molar-refractivity contribution in [3.8, 4) is 23.0 Å². The van der Waals surface area contributed by atoms with Crippen LogP contribution < -0.4 is 24.3 Å². The molecule has 1 aliphatic rings. The monoisotopic (exact) mass is 369 g/mol. The highest BCUT2D eigenvalue weighted by Crippen LogP contribution is 2.41. The summed E-state index contributed by atoms with van der Waals surface area (Å²) in [6.45, 7) is 3.96. The molecule has 0 aliphatic carbocycles. The second-order valence-electron chi connectivity index (χ2n) is 6.62. The maximum Gasteiger partial charge on any atom is 0.255 e. The maximum atomic E-state index is 12.7. The van der Waals surface area contributed by atoms with E-state index in [0.717, 1.165) is 5.56 Å². The van der Waals surface area contributed by atoms with Gasteiger partial charge in [-0.3, -0.25) is 4.79 Å². The zero-order chi connectivity index (χ0) is 19.6. The smallest absolute Gasteiger partial charge is 0.255 e. The molecule has 1 amide bonds. The van der Waals surface area contributed by atoms with Gasteiger partial charge in [-0.15, -0.1) is 0 Å². The fraction of sp³-hybridized carbons (Fsp3) is 0.286. The Balaban J connectivity index is 1.91. The van der Waals surface area contributed by atoms with Crippen molar-refractivity contribution in [3.63, 3.8) is 0 Å². The lowest BCUT2D eigenvalue weighted by Crippen LogP contribution is -2.27. The predicted molar refractivity (Wildman–Crippen MR) is 104 cm³/mol. The summed E-state index contributed by atoms with van der Waals surface area (Å²) < 4.78 is 22.0. The first-order valence-corrected chi connectivity index (χ1v) is 8.51. The summed E-state index contributed by atoms with van der Waals surface area (Å²) in [5.41, 5.74) is 1.41. The number of fused-ring (bicyclic) bond motifs is 1. The van der Waals surface area contributed by atoms with Gasteiger partial charge in [-0.25, -0.2) is 0 Å². The minimum atomic E-state index is -0.386. The molecule has 2 aromatic rings. The van der Waals surface area contributed by atoms with Crippen molar-refractivity contribution >= 4 is 17.7 Å². The minimum absolute atomic E-state index is 0.282. The van der Waals surface area contributed by atoms with Crippen molar-refractivity contribution in [3.05, 3.63) is 47.5 Å². The molecule has 0 saturated carbocycles. The predicted octanol–water partition coefficient (Wildman–Crippen LogP) is 4.15. The summed E-state index contributed by atoms with van der Waals surface area (Å²) in [6.07, 6.45) is 3.90. The highest BCUT2D eigenvalue weighted by molar-refractivity contribution is 6.06. The molecule has 142 valence electrons. The third-order valence-corrected chi connectivity index (χ3v) is 4.28.